The average molecular weight is 451 g/mol. The molecular formula is C26H21N5O3. The van der Waals surface area contributed by atoms with E-state index in [1.807, 2.05) is 48.5 Å². The predicted octanol–water partition coefficient (Wildman–Crippen LogP) is 4.26. The summed E-state index contributed by atoms with van der Waals surface area (Å²) in [6, 6.07) is 22.0. The van der Waals surface area contributed by atoms with Crippen molar-refractivity contribution in [2.45, 2.75) is 13.1 Å². The lowest BCUT2D eigenvalue weighted by atomic mass is 10.1. The Morgan fingerprint density at radius 2 is 1.88 bits per heavy atom. The van der Waals surface area contributed by atoms with Gasteiger partial charge in [0.05, 0.1) is 17.3 Å². The van der Waals surface area contributed by atoms with Gasteiger partial charge in [-0.05, 0) is 48.0 Å². The van der Waals surface area contributed by atoms with Crippen molar-refractivity contribution in [1.29, 1.82) is 0 Å². The summed E-state index contributed by atoms with van der Waals surface area (Å²) in [6.07, 6.45) is 4.93. The number of benzene rings is 2. The van der Waals surface area contributed by atoms with Gasteiger partial charge in [-0.15, -0.1) is 0 Å². The number of furan rings is 1. The van der Waals surface area contributed by atoms with E-state index in [2.05, 4.69) is 20.7 Å². The number of anilines is 1. The Balaban J connectivity index is 1.31. The first-order valence-electron chi connectivity index (χ1n) is 10.7. The first-order chi connectivity index (χ1) is 16.7. The third-order valence-electron chi connectivity index (χ3n) is 5.26. The summed E-state index contributed by atoms with van der Waals surface area (Å²) in [5.41, 5.74) is 3.33. The minimum Gasteiger partial charge on any atom is -0.463 e. The van der Waals surface area contributed by atoms with Gasteiger partial charge in [-0.25, -0.2) is 4.98 Å². The average Bonchev–Trinajstić information content (AvgIpc) is 3.57. The van der Waals surface area contributed by atoms with Crippen LogP contribution in [-0.2, 0) is 17.9 Å². The van der Waals surface area contributed by atoms with Gasteiger partial charge in [-0.3, -0.25) is 14.3 Å². The highest BCUT2D eigenvalue weighted by Crippen LogP contribution is 2.25. The van der Waals surface area contributed by atoms with Crippen LogP contribution in [0.2, 0.25) is 0 Å². The molecule has 0 atom stereocenters. The molecular weight excluding hydrogens is 430 g/mol. The third kappa shape index (κ3) is 4.71. The fourth-order valence-corrected chi connectivity index (χ4v) is 3.69. The molecule has 0 unspecified atom stereocenters. The van der Waals surface area contributed by atoms with Gasteiger partial charge in [0.25, 0.3) is 5.91 Å². The van der Waals surface area contributed by atoms with E-state index >= 15 is 0 Å². The molecule has 0 radical (unpaired) electrons. The highest BCUT2D eigenvalue weighted by atomic mass is 16.3. The first kappa shape index (κ1) is 21.1. The molecule has 3 aromatic heterocycles. The van der Waals surface area contributed by atoms with Crippen LogP contribution in [0.1, 0.15) is 15.9 Å². The van der Waals surface area contributed by atoms with Crippen molar-refractivity contribution < 1.29 is 14.0 Å². The minimum absolute atomic E-state index is 0.126. The van der Waals surface area contributed by atoms with E-state index in [-0.39, 0.29) is 18.4 Å². The SMILES string of the molecule is O=C(Cn1cccn1)Nc1cccc(CNC(=O)c2cc(-c3ccco3)nc3ccccc23)c1. The second-order valence-electron chi connectivity index (χ2n) is 7.68. The van der Waals surface area contributed by atoms with Crippen LogP contribution in [0.15, 0.2) is 95.9 Å². The van der Waals surface area contributed by atoms with Crippen molar-refractivity contribution in [3.63, 3.8) is 0 Å². The molecule has 2 amide bonds. The molecule has 0 aliphatic rings. The van der Waals surface area contributed by atoms with E-state index in [1.54, 1.807) is 47.6 Å². The molecule has 0 fully saturated rings. The van der Waals surface area contributed by atoms with Gasteiger partial charge in [-0.2, -0.15) is 5.10 Å². The summed E-state index contributed by atoms with van der Waals surface area (Å²) in [5.74, 6) is 0.191. The monoisotopic (exact) mass is 451 g/mol. The normalized spacial score (nSPS) is 10.8. The maximum atomic E-state index is 13.1. The zero-order chi connectivity index (χ0) is 23.3. The maximum absolute atomic E-state index is 13.1. The van der Waals surface area contributed by atoms with Crippen LogP contribution in [0.25, 0.3) is 22.4 Å². The van der Waals surface area contributed by atoms with Crippen molar-refractivity contribution in [1.82, 2.24) is 20.1 Å². The van der Waals surface area contributed by atoms with Crippen molar-refractivity contribution in [2.24, 2.45) is 0 Å². The molecule has 0 saturated heterocycles. The summed E-state index contributed by atoms with van der Waals surface area (Å²) >= 11 is 0. The number of hydrogen-bond donors (Lipinski definition) is 2. The van der Waals surface area contributed by atoms with Crippen LogP contribution < -0.4 is 10.6 Å². The van der Waals surface area contributed by atoms with Crippen LogP contribution in [-0.4, -0.2) is 26.6 Å². The van der Waals surface area contributed by atoms with Gasteiger partial charge in [0, 0.05) is 30.0 Å². The Morgan fingerprint density at radius 1 is 0.971 bits per heavy atom. The van der Waals surface area contributed by atoms with Crippen molar-refractivity contribution in [3.05, 3.63) is 103 Å². The number of para-hydroxylation sites is 1. The number of nitrogens with zero attached hydrogens (tertiary/aromatic N) is 3. The Bertz CT molecular complexity index is 1440. The van der Waals surface area contributed by atoms with Crippen LogP contribution in [0.5, 0.6) is 0 Å². The fraction of sp³-hybridized carbons (Fsp3) is 0.0769. The van der Waals surface area contributed by atoms with E-state index in [9.17, 15) is 9.59 Å². The largest absolute Gasteiger partial charge is 0.463 e. The van der Waals surface area contributed by atoms with Crippen LogP contribution in [0.4, 0.5) is 5.69 Å². The lowest BCUT2D eigenvalue weighted by Crippen LogP contribution is -2.23. The molecule has 5 aromatic rings. The fourth-order valence-electron chi connectivity index (χ4n) is 3.69. The van der Waals surface area contributed by atoms with E-state index in [1.165, 1.54) is 0 Å². The van der Waals surface area contributed by atoms with Gasteiger partial charge in [0.1, 0.15) is 12.2 Å². The highest BCUT2D eigenvalue weighted by molar-refractivity contribution is 6.07. The molecule has 168 valence electrons. The molecule has 0 spiro atoms. The van der Waals surface area contributed by atoms with E-state index in [4.69, 9.17) is 4.42 Å². The van der Waals surface area contributed by atoms with Crippen molar-refractivity contribution in [3.8, 4) is 11.5 Å². The predicted molar refractivity (Wildman–Crippen MR) is 128 cm³/mol. The summed E-state index contributed by atoms with van der Waals surface area (Å²) in [7, 11) is 0. The zero-order valence-corrected chi connectivity index (χ0v) is 18.1. The molecule has 0 saturated carbocycles. The number of carbonyl (C=O) groups is 2. The van der Waals surface area contributed by atoms with Gasteiger partial charge < -0.3 is 15.1 Å². The number of aromatic nitrogens is 3. The number of amides is 2. The zero-order valence-electron chi connectivity index (χ0n) is 18.1. The number of fused-ring (bicyclic) bond motifs is 1. The number of carbonyl (C=O) groups excluding carboxylic acids is 2. The second kappa shape index (κ2) is 9.41. The molecule has 8 heteroatoms. The molecule has 0 aliphatic heterocycles. The van der Waals surface area contributed by atoms with Crippen LogP contribution >= 0.6 is 0 Å². The van der Waals surface area contributed by atoms with Gasteiger partial charge in [0.15, 0.2) is 5.76 Å². The summed E-state index contributed by atoms with van der Waals surface area (Å²) in [4.78, 5) is 30.0. The molecule has 3 heterocycles. The van der Waals surface area contributed by atoms with E-state index in [0.717, 1.165) is 10.9 Å². The van der Waals surface area contributed by atoms with Gasteiger partial charge >= 0.3 is 0 Å². The Morgan fingerprint density at radius 3 is 2.71 bits per heavy atom. The van der Waals surface area contributed by atoms with Crippen molar-refractivity contribution in [2.75, 3.05) is 5.32 Å². The first-order valence-corrected chi connectivity index (χ1v) is 10.7. The number of hydrogen-bond acceptors (Lipinski definition) is 5. The summed E-state index contributed by atoms with van der Waals surface area (Å²) in [6.45, 7) is 0.426. The molecule has 2 N–H and O–H groups in total. The summed E-state index contributed by atoms with van der Waals surface area (Å²) < 4.78 is 7.03. The smallest absolute Gasteiger partial charge is 0.252 e. The third-order valence-corrected chi connectivity index (χ3v) is 5.26. The molecule has 2 aromatic carbocycles. The lowest BCUT2D eigenvalue weighted by Gasteiger charge is -2.11. The minimum atomic E-state index is -0.223. The van der Waals surface area contributed by atoms with E-state index < -0.39 is 0 Å². The second-order valence-corrected chi connectivity index (χ2v) is 7.68. The maximum Gasteiger partial charge on any atom is 0.252 e. The molecule has 0 aliphatic carbocycles. The highest BCUT2D eigenvalue weighted by Gasteiger charge is 2.15. The molecule has 0 bridgehead atoms. The molecule has 34 heavy (non-hydrogen) atoms. The topological polar surface area (TPSA) is 102 Å². The quantitative estimate of drug-likeness (QED) is 0.385. The van der Waals surface area contributed by atoms with E-state index in [0.29, 0.717) is 34.8 Å². The van der Waals surface area contributed by atoms with Crippen molar-refractivity contribution >= 4 is 28.4 Å². The molecule has 8 nitrogen and oxygen atoms in total. The Labute approximate surface area is 195 Å². The van der Waals surface area contributed by atoms with Crippen LogP contribution in [0, 0.1) is 0 Å². The standard InChI is InChI=1S/C26H21N5O3/c32-25(17-31-12-5-11-28-31)29-19-7-3-6-18(14-19)16-27-26(33)21-15-23(24-10-4-13-34-24)30-22-9-2-1-8-20(21)22/h1-15H,16-17H2,(H,27,33)(H,29,32). The summed E-state index contributed by atoms with van der Waals surface area (Å²) in [5, 5.41) is 10.6. The van der Waals surface area contributed by atoms with Gasteiger partial charge in [-0.1, -0.05) is 30.3 Å². The molecule has 5 rings (SSSR count). The Kier molecular flexibility index (Phi) is 5.85. The Hall–Kier alpha value is -4.72. The number of pyridine rings is 1. The number of rotatable bonds is 7. The van der Waals surface area contributed by atoms with Crippen LogP contribution in [0.3, 0.4) is 0 Å². The lowest BCUT2D eigenvalue weighted by molar-refractivity contribution is -0.116. The number of nitrogens with one attached hydrogen (secondary N) is 2. The van der Waals surface area contributed by atoms with Gasteiger partial charge in [0.2, 0.25) is 5.91 Å².